The first-order valence-corrected chi connectivity index (χ1v) is 16.9. The van der Waals surface area contributed by atoms with E-state index in [-0.39, 0.29) is 64.9 Å². The van der Waals surface area contributed by atoms with Crippen molar-refractivity contribution in [2.24, 2.45) is 0 Å². The number of aromatic hydroxyl groups is 2. The number of fused-ring (bicyclic) bond motifs is 3. The second kappa shape index (κ2) is 13.3. The van der Waals surface area contributed by atoms with Gasteiger partial charge in [0.1, 0.15) is 17.6 Å². The Morgan fingerprint density at radius 3 is 1.96 bits per heavy atom. The number of carbonyl (C=O) groups is 2. The van der Waals surface area contributed by atoms with Crippen LogP contribution in [0.4, 0.5) is 0 Å². The summed E-state index contributed by atoms with van der Waals surface area (Å²) in [5.41, 5.74) is -1.83. The molecule has 2 aromatic carbocycles. The Kier molecular flexibility index (Phi) is 9.72. The molecule has 0 radical (unpaired) electrons. The number of hydrogen-bond donors (Lipinski definition) is 5. The molecule has 0 amide bonds. The van der Waals surface area contributed by atoms with Gasteiger partial charge >= 0.3 is 0 Å². The van der Waals surface area contributed by atoms with Gasteiger partial charge in [-0.2, -0.15) is 0 Å². The minimum atomic E-state index is -1.65. The summed E-state index contributed by atoms with van der Waals surface area (Å²) in [5.74, 6) is -2.18. The van der Waals surface area contributed by atoms with E-state index in [1.807, 2.05) is 38.0 Å². The number of benzene rings is 2. The highest BCUT2D eigenvalue weighted by molar-refractivity contribution is 6.30. The zero-order valence-electron chi connectivity index (χ0n) is 29.0. The molecule has 2 aliphatic heterocycles. The van der Waals surface area contributed by atoms with Crippen LogP contribution < -0.4 is 0 Å². The number of aliphatic hydroxyl groups is 3. The molecule has 13 heteroatoms. The fourth-order valence-electron chi connectivity index (χ4n) is 7.94. The lowest BCUT2D eigenvalue weighted by atomic mass is 9.71. The highest BCUT2D eigenvalue weighted by atomic mass is 16.7. The molecule has 2 aliphatic carbocycles. The van der Waals surface area contributed by atoms with Gasteiger partial charge in [0.25, 0.3) is 0 Å². The number of ether oxygens (including phenoxy) is 4. The Hall–Kier alpha value is -2.98. The Bertz CT molecular complexity index is 1610. The normalized spacial score (nSPS) is 36.1. The van der Waals surface area contributed by atoms with Crippen LogP contribution in [0.3, 0.4) is 0 Å². The minimum absolute atomic E-state index is 0.0329. The van der Waals surface area contributed by atoms with Crippen molar-refractivity contribution in [3.05, 3.63) is 57.6 Å². The van der Waals surface area contributed by atoms with E-state index in [1.54, 1.807) is 20.8 Å². The second-order valence-electron chi connectivity index (χ2n) is 14.4. The van der Waals surface area contributed by atoms with Gasteiger partial charge in [-0.15, -0.1) is 0 Å². The molecule has 13 nitrogen and oxygen atoms in total. The molecule has 0 bridgehead atoms. The van der Waals surface area contributed by atoms with Gasteiger partial charge in [0.2, 0.25) is 0 Å². The summed E-state index contributed by atoms with van der Waals surface area (Å²) < 4.78 is 25.3. The van der Waals surface area contributed by atoms with E-state index in [4.69, 9.17) is 18.9 Å². The summed E-state index contributed by atoms with van der Waals surface area (Å²) in [6, 6.07) is 5.06. The quantitative estimate of drug-likeness (QED) is 0.245. The van der Waals surface area contributed by atoms with Gasteiger partial charge < -0.3 is 54.3 Å². The first kappa shape index (κ1) is 35.8. The van der Waals surface area contributed by atoms with Crippen molar-refractivity contribution < 1.29 is 54.1 Å². The molecule has 2 saturated heterocycles. The number of ketones is 2. The molecule has 5 N–H and O–H groups in total. The maximum Gasteiger partial charge on any atom is 0.198 e. The average Bonchev–Trinajstić information content (AvgIpc) is 3.04. The van der Waals surface area contributed by atoms with Crippen molar-refractivity contribution >= 4 is 11.6 Å². The third kappa shape index (κ3) is 6.08. The summed E-state index contributed by atoms with van der Waals surface area (Å²) in [4.78, 5) is 31.6. The molecule has 6 rings (SSSR count). The maximum absolute atomic E-state index is 13.9. The largest absolute Gasteiger partial charge is 0.507 e. The molecule has 11 unspecified atom stereocenters. The van der Waals surface area contributed by atoms with Crippen LogP contribution in [0, 0.1) is 0 Å². The Labute approximate surface area is 285 Å². The van der Waals surface area contributed by atoms with E-state index in [0.717, 1.165) is 0 Å². The van der Waals surface area contributed by atoms with Crippen LogP contribution in [0.15, 0.2) is 24.3 Å². The molecule has 4 aliphatic rings. The Morgan fingerprint density at radius 2 is 1.41 bits per heavy atom. The lowest BCUT2D eigenvalue weighted by Gasteiger charge is -2.48. The van der Waals surface area contributed by atoms with Crippen molar-refractivity contribution in [2.75, 3.05) is 28.2 Å². The Morgan fingerprint density at radius 1 is 0.857 bits per heavy atom. The van der Waals surface area contributed by atoms with Crippen LogP contribution in [0.25, 0.3) is 0 Å². The number of aliphatic hydroxyl groups excluding tert-OH is 2. The van der Waals surface area contributed by atoms with E-state index in [1.165, 1.54) is 24.3 Å². The minimum Gasteiger partial charge on any atom is -0.507 e. The summed E-state index contributed by atoms with van der Waals surface area (Å²) >= 11 is 0. The number of phenols is 2. The van der Waals surface area contributed by atoms with Gasteiger partial charge in [-0.05, 0) is 66.2 Å². The predicted octanol–water partition coefficient (Wildman–Crippen LogP) is 2.39. The maximum atomic E-state index is 13.9. The fourth-order valence-corrected chi connectivity index (χ4v) is 7.94. The van der Waals surface area contributed by atoms with Gasteiger partial charge in [0.05, 0.1) is 47.2 Å². The summed E-state index contributed by atoms with van der Waals surface area (Å²) in [6.07, 6.45) is -5.98. The van der Waals surface area contributed by atoms with Gasteiger partial charge in [0, 0.05) is 48.0 Å². The number of nitrogens with zero attached hydrogens (tertiary/aromatic N) is 2. The van der Waals surface area contributed by atoms with Crippen LogP contribution in [0.5, 0.6) is 11.5 Å². The zero-order valence-corrected chi connectivity index (χ0v) is 29.0. The predicted molar refractivity (Wildman–Crippen MR) is 175 cm³/mol. The highest BCUT2D eigenvalue weighted by Crippen LogP contribution is 2.55. The summed E-state index contributed by atoms with van der Waals surface area (Å²) in [6.45, 7) is 5.25. The molecule has 0 aromatic heterocycles. The van der Waals surface area contributed by atoms with E-state index in [2.05, 4.69) is 0 Å². The van der Waals surface area contributed by atoms with Crippen molar-refractivity contribution in [1.29, 1.82) is 0 Å². The third-order valence-corrected chi connectivity index (χ3v) is 10.9. The average molecular weight is 685 g/mol. The second-order valence-corrected chi connectivity index (χ2v) is 14.4. The number of hydrogen-bond acceptors (Lipinski definition) is 13. The zero-order chi connectivity index (χ0) is 35.7. The lowest BCUT2D eigenvalue weighted by molar-refractivity contribution is -0.289. The number of carbonyl (C=O) groups excluding carboxylic acids is 2. The molecular formula is C36H48N2O11. The molecule has 0 spiro atoms. The Balaban J connectivity index is 1.48. The number of rotatable bonds is 7. The van der Waals surface area contributed by atoms with E-state index >= 15 is 0 Å². The molecule has 11 atom stereocenters. The molecule has 2 fully saturated rings. The lowest BCUT2D eigenvalue weighted by Crippen LogP contribution is -2.55. The standard InChI is InChI=1S/C36H48N2O11/c1-8-36(45)15-24(48-25-13-21(37(4)5)30(40)16(2)46-25)19-12-20-28(32(42)18-10-9-11-23(39)27(18)33(20)43)34(44)29(19)35(36)49-26-14-22(38(6)7)31(41)17(3)47-26/h9-12,16-17,21-22,24-26,30-31,35,39-41,44-45H,8,13-15H2,1-7H3. The summed E-state index contributed by atoms with van der Waals surface area (Å²) in [7, 11) is 7.39. The van der Waals surface area contributed by atoms with E-state index in [0.29, 0.717) is 12.0 Å². The number of phenolic OH excluding ortho intramolecular Hbond substituents is 2. The molecule has 0 saturated carbocycles. The summed E-state index contributed by atoms with van der Waals surface area (Å²) in [5, 5.41) is 56.7. The van der Waals surface area contributed by atoms with Crippen LogP contribution in [0.1, 0.15) is 102 Å². The first-order valence-electron chi connectivity index (χ1n) is 16.9. The molecular weight excluding hydrogens is 636 g/mol. The monoisotopic (exact) mass is 684 g/mol. The fraction of sp³-hybridized carbons (Fsp3) is 0.611. The molecule has 49 heavy (non-hydrogen) atoms. The van der Waals surface area contributed by atoms with Gasteiger partial charge in [-0.25, -0.2) is 0 Å². The first-order chi connectivity index (χ1) is 23.1. The van der Waals surface area contributed by atoms with Crippen LogP contribution in [-0.4, -0.2) is 130 Å². The molecule has 2 aromatic rings. The van der Waals surface area contributed by atoms with Crippen molar-refractivity contribution in [3.63, 3.8) is 0 Å². The van der Waals surface area contributed by atoms with Crippen molar-refractivity contribution in [2.45, 2.75) is 113 Å². The third-order valence-electron chi connectivity index (χ3n) is 10.9. The smallest absolute Gasteiger partial charge is 0.198 e. The van der Waals surface area contributed by atoms with Crippen LogP contribution in [0.2, 0.25) is 0 Å². The SMILES string of the molecule is CCC1(O)CC(OC2CC(N(C)C)C(O)C(C)O2)c2cc3c(c(O)c2C1OC1CC(N(C)C)C(O)C(C)O1)C(=O)c1cccc(O)c1C3=O. The molecule has 2 heterocycles. The van der Waals surface area contributed by atoms with Crippen molar-refractivity contribution in [1.82, 2.24) is 9.80 Å². The van der Waals surface area contributed by atoms with E-state index < -0.39 is 72.1 Å². The van der Waals surface area contributed by atoms with Crippen molar-refractivity contribution in [3.8, 4) is 11.5 Å². The topological polar surface area (TPSA) is 179 Å². The van der Waals surface area contributed by atoms with Crippen LogP contribution >= 0.6 is 0 Å². The van der Waals surface area contributed by atoms with E-state index in [9.17, 15) is 35.1 Å². The molecule has 268 valence electrons. The number of likely N-dealkylation sites (N-methyl/N-ethyl adjacent to an activating group) is 2. The van der Waals surface area contributed by atoms with Gasteiger partial charge in [-0.1, -0.05) is 19.1 Å². The van der Waals surface area contributed by atoms with Gasteiger partial charge in [-0.3, -0.25) is 9.59 Å². The highest BCUT2D eigenvalue weighted by Gasteiger charge is 2.52. The van der Waals surface area contributed by atoms with Gasteiger partial charge in [0.15, 0.2) is 24.1 Å². The van der Waals surface area contributed by atoms with Crippen LogP contribution in [-0.2, 0) is 18.9 Å².